The number of fused-ring (bicyclic) bond motifs is 1. The molecule has 0 aliphatic carbocycles. The van der Waals surface area contributed by atoms with Gasteiger partial charge in [0.05, 0.1) is 0 Å². The minimum atomic E-state index is -0.706. The number of carbonyl (C=O) groups is 2. The average molecular weight is 389 g/mol. The number of ether oxygens (including phenoxy) is 1. The molecule has 0 spiro atoms. The fraction of sp³-hybridized carbons (Fsp3) is 0.619. The van der Waals surface area contributed by atoms with E-state index in [2.05, 4.69) is 23.1 Å². The van der Waals surface area contributed by atoms with Crippen molar-refractivity contribution >= 4 is 12.0 Å². The lowest BCUT2D eigenvalue weighted by molar-refractivity contribution is -0.134. The number of hydrogen-bond donors (Lipinski definition) is 1. The van der Waals surface area contributed by atoms with Crippen molar-refractivity contribution in [2.24, 2.45) is 5.92 Å². The summed E-state index contributed by atoms with van der Waals surface area (Å²) in [5, 5.41) is 10.3. The van der Waals surface area contributed by atoms with Crippen LogP contribution in [-0.4, -0.2) is 84.8 Å². The van der Waals surface area contributed by atoms with Gasteiger partial charge in [-0.3, -0.25) is 9.69 Å². The summed E-state index contributed by atoms with van der Waals surface area (Å²) in [6.45, 7) is 3.22. The number of piperidine rings is 1. The van der Waals surface area contributed by atoms with Crippen LogP contribution in [0.1, 0.15) is 24.0 Å². The maximum atomic E-state index is 12.3. The zero-order valence-corrected chi connectivity index (χ0v) is 16.8. The molecular weight excluding hydrogens is 358 g/mol. The van der Waals surface area contributed by atoms with Crippen LogP contribution in [0.15, 0.2) is 24.3 Å². The van der Waals surface area contributed by atoms with Gasteiger partial charge >= 0.3 is 6.09 Å². The number of nitrogens with zero attached hydrogens (tertiary/aromatic N) is 3. The van der Waals surface area contributed by atoms with Crippen LogP contribution in [0.2, 0.25) is 0 Å². The highest BCUT2D eigenvalue weighted by Crippen LogP contribution is 2.20. The molecule has 28 heavy (non-hydrogen) atoms. The van der Waals surface area contributed by atoms with Gasteiger partial charge in [-0.1, -0.05) is 24.3 Å². The lowest BCUT2D eigenvalue weighted by atomic mass is 9.96. The van der Waals surface area contributed by atoms with Crippen LogP contribution in [0, 0.1) is 5.92 Å². The molecule has 0 saturated carbocycles. The van der Waals surface area contributed by atoms with Crippen molar-refractivity contribution in [3.63, 3.8) is 0 Å². The van der Waals surface area contributed by atoms with Crippen molar-refractivity contribution in [2.75, 3.05) is 46.9 Å². The Bertz CT molecular complexity index is 686. The first-order valence-electron chi connectivity index (χ1n) is 10.0. The molecule has 0 aromatic heterocycles. The van der Waals surface area contributed by atoms with E-state index >= 15 is 0 Å². The molecule has 2 heterocycles. The smallest absolute Gasteiger partial charge is 0.409 e. The number of aliphatic hydroxyl groups is 1. The first-order chi connectivity index (χ1) is 13.4. The minimum Gasteiger partial charge on any atom is -0.447 e. The standard InChI is InChI=1S/C21H31N3O4/c1-22(2)20(26)17-8-11-24(12-9-17)21(27)28-15-19(25)14-23-10-7-16-5-3-4-6-18(16)13-23/h3-6,17,19,25H,7-15H2,1-2H3. The Labute approximate surface area is 166 Å². The molecular formula is C21H31N3O4. The van der Waals surface area contributed by atoms with E-state index in [4.69, 9.17) is 4.74 Å². The molecule has 1 fully saturated rings. The lowest BCUT2D eigenvalue weighted by Crippen LogP contribution is -2.44. The van der Waals surface area contributed by atoms with Gasteiger partial charge in [-0.2, -0.15) is 0 Å². The molecule has 1 aromatic carbocycles. The van der Waals surface area contributed by atoms with Crippen LogP contribution in [-0.2, 0) is 22.5 Å². The Hall–Kier alpha value is -2.12. The van der Waals surface area contributed by atoms with Crippen molar-refractivity contribution in [3.8, 4) is 0 Å². The molecule has 0 radical (unpaired) electrons. The van der Waals surface area contributed by atoms with E-state index in [0.29, 0.717) is 32.5 Å². The summed E-state index contributed by atoms with van der Waals surface area (Å²) in [5.41, 5.74) is 2.67. The molecule has 2 aliphatic heterocycles. The van der Waals surface area contributed by atoms with Gasteiger partial charge in [0.25, 0.3) is 0 Å². The zero-order valence-electron chi connectivity index (χ0n) is 16.8. The summed E-state index contributed by atoms with van der Waals surface area (Å²) in [6.07, 6.45) is 1.17. The van der Waals surface area contributed by atoms with E-state index in [0.717, 1.165) is 19.5 Å². The normalized spacial score (nSPS) is 19.0. The highest BCUT2D eigenvalue weighted by molar-refractivity contribution is 5.78. The Balaban J connectivity index is 1.38. The second-order valence-electron chi connectivity index (χ2n) is 7.98. The number of carbonyl (C=O) groups excluding carboxylic acids is 2. The SMILES string of the molecule is CN(C)C(=O)C1CCN(C(=O)OCC(O)CN2CCc3ccccc3C2)CC1. The quantitative estimate of drug-likeness (QED) is 0.823. The lowest BCUT2D eigenvalue weighted by Gasteiger charge is -2.32. The van der Waals surface area contributed by atoms with Crippen molar-refractivity contribution in [1.29, 1.82) is 0 Å². The monoisotopic (exact) mass is 389 g/mol. The molecule has 1 N–H and O–H groups in total. The van der Waals surface area contributed by atoms with Crippen molar-refractivity contribution in [3.05, 3.63) is 35.4 Å². The molecule has 0 bridgehead atoms. The highest BCUT2D eigenvalue weighted by Gasteiger charge is 2.29. The largest absolute Gasteiger partial charge is 0.447 e. The maximum absolute atomic E-state index is 12.3. The molecule has 2 aliphatic rings. The summed E-state index contributed by atoms with van der Waals surface area (Å²) in [6, 6.07) is 8.37. The van der Waals surface area contributed by atoms with E-state index in [1.807, 2.05) is 6.07 Å². The number of likely N-dealkylation sites (tertiary alicyclic amines) is 1. The van der Waals surface area contributed by atoms with E-state index in [9.17, 15) is 14.7 Å². The van der Waals surface area contributed by atoms with Crippen molar-refractivity contribution < 1.29 is 19.4 Å². The number of amides is 2. The van der Waals surface area contributed by atoms with Crippen molar-refractivity contribution in [1.82, 2.24) is 14.7 Å². The predicted octanol–water partition coefficient (Wildman–Crippen LogP) is 1.34. The Morgan fingerprint density at radius 3 is 2.54 bits per heavy atom. The molecule has 2 amide bonds. The summed E-state index contributed by atoms with van der Waals surface area (Å²) >= 11 is 0. The number of benzene rings is 1. The number of β-amino-alcohol motifs (C(OH)–C–C–N with tert-alkyl or cyclic N) is 1. The fourth-order valence-corrected chi connectivity index (χ4v) is 3.99. The second-order valence-corrected chi connectivity index (χ2v) is 7.98. The van der Waals surface area contributed by atoms with Crippen LogP contribution >= 0.6 is 0 Å². The van der Waals surface area contributed by atoms with Crippen LogP contribution < -0.4 is 0 Å². The molecule has 154 valence electrons. The minimum absolute atomic E-state index is 0.00641. The molecule has 1 atom stereocenters. The average Bonchev–Trinajstić information content (AvgIpc) is 2.71. The Morgan fingerprint density at radius 2 is 1.86 bits per heavy atom. The number of rotatable bonds is 5. The van der Waals surface area contributed by atoms with Gasteiger partial charge in [0.15, 0.2) is 0 Å². The van der Waals surface area contributed by atoms with Crippen molar-refractivity contribution in [2.45, 2.75) is 31.9 Å². The first-order valence-corrected chi connectivity index (χ1v) is 10.0. The molecule has 7 nitrogen and oxygen atoms in total. The van der Waals surface area contributed by atoms with Gasteiger partial charge in [-0.25, -0.2) is 4.79 Å². The van der Waals surface area contributed by atoms with Gasteiger partial charge in [-0.05, 0) is 30.4 Å². The van der Waals surface area contributed by atoms with Gasteiger partial charge in [0.1, 0.15) is 12.7 Å². The molecule has 7 heteroatoms. The van der Waals surface area contributed by atoms with Crippen LogP contribution in [0.4, 0.5) is 4.79 Å². The Morgan fingerprint density at radius 1 is 1.18 bits per heavy atom. The summed E-state index contributed by atoms with van der Waals surface area (Å²) < 4.78 is 5.31. The molecule has 1 unspecified atom stereocenters. The molecule has 1 aromatic rings. The number of aliphatic hydroxyl groups excluding tert-OH is 1. The number of hydrogen-bond acceptors (Lipinski definition) is 5. The summed E-state index contributed by atoms with van der Waals surface area (Å²) in [7, 11) is 3.51. The van der Waals surface area contributed by atoms with Crippen LogP contribution in [0.25, 0.3) is 0 Å². The van der Waals surface area contributed by atoms with Crippen LogP contribution in [0.3, 0.4) is 0 Å². The zero-order chi connectivity index (χ0) is 20.1. The van der Waals surface area contributed by atoms with E-state index in [-0.39, 0.29) is 18.4 Å². The first kappa shape index (κ1) is 20.6. The maximum Gasteiger partial charge on any atom is 0.409 e. The van der Waals surface area contributed by atoms with E-state index in [1.165, 1.54) is 11.1 Å². The molecule has 1 saturated heterocycles. The van der Waals surface area contributed by atoms with Gasteiger partial charge in [0.2, 0.25) is 5.91 Å². The van der Waals surface area contributed by atoms with Gasteiger partial charge in [-0.15, -0.1) is 0 Å². The third kappa shape index (κ3) is 5.23. The second kappa shape index (κ2) is 9.39. The summed E-state index contributed by atoms with van der Waals surface area (Å²) in [4.78, 5) is 29.7. The summed E-state index contributed by atoms with van der Waals surface area (Å²) in [5.74, 6) is 0.0955. The topological polar surface area (TPSA) is 73.3 Å². The van der Waals surface area contributed by atoms with E-state index < -0.39 is 12.2 Å². The van der Waals surface area contributed by atoms with Gasteiger partial charge < -0.3 is 19.6 Å². The van der Waals surface area contributed by atoms with Gasteiger partial charge in [0, 0.05) is 52.7 Å². The third-order valence-corrected chi connectivity index (χ3v) is 5.62. The third-order valence-electron chi connectivity index (χ3n) is 5.62. The fourth-order valence-electron chi connectivity index (χ4n) is 3.99. The molecule has 3 rings (SSSR count). The highest BCUT2D eigenvalue weighted by atomic mass is 16.6. The van der Waals surface area contributed by atoms with E-state index in [1.54, 1.807) is 23.9 Å². The Kier molecular flexibility index (Phi) is 6.91. The van der Waals surface area contributed by atoms with Crippen LogP contribution in [0.5, 0.6) is 0 Å². The predicted molar refractivity (Wildman–Crippen MR) is 106 cm³/mol.